The van der Waals surface area contributed by atoms with Gasteiger partial charge in [0.1, 0.15) is 23.1 Å². The third-order valence-electron chi connectivity index (χ3n) is 15.1. The second-order valence-corrected chi connectivity index (χ2v) is 19.8. The Kier molecular flexibility index (Phi) is 16.8. The Bertz CT molecular complexity index is 1940. The molecule has 3 aliphatic heterocycles. The molecular weight excluding hydrogens is 805 g/mol. The molecule has 352 valence electrons. The Morgan fingerprint density at radius 3 is 2.19 bits per heavy atom. The predicted octanol–water partition coefficient (Wildman–Crippen LogP) is 6.76. The molecule has 13 heteroatoms. The van der Waals surface area contributed by atoms with Crippen LogP contribution in [0.2, 0.25) is 0 Å². The van der Waals surface area contributed by atoms with E-state index in [1.807, 2.05) is 32.1 Å². The molecule has 18 atom stereocenters. The number of aliphatic hydroxyl groups is 5. The molecule has 0 radical (unpaired) electrons. The Balaban J connectivity index is 1.57. The summed E-state index contributed by atoms with van der Waals surface area (Å²) in [6, 6.07) is 5.31. The molecule has 63 heavy (non-hydrogen) atoms. The summed E-state index contributed by atoms with van der Waals surface area (Å²) in [4.78, 5) is 42.6. The van der Waals surface area contributed by atoms with Gasteiger partial charge in [-0.2, -0.15) is 5.10 Å². The smallest absolute Gasteiger partial charge is 0.342 e. The zero-order valence-electron chi connectivity index (χ0n) is 39.4. The van der Waals surface area contributed by atoms with Crippen molar-refractivity contribution in [2.45, 2.75) is 181 Å². The van der Waals surface area contributed by atoms with Crippen molar-refractivity contribution in [1.29, 1.82) is 0 Å². The quantitative estimate of drug-likeness (QED) is 0.204. The largest absolute Gasteiger partial charge is 0.458 e. The number of hydrogen-bond donors (Lipinski definition) is 5. The molecule has 0 aliphatic carbocycles. The van der Waals surface area contributed by atoms with Gasteiger partial charge in [-0.15, -0.1) is 0 Å². The number of nitrogens with zero attached hydrogens (tertiary/aromatic N) is 2. The fourth-order valence-electron chi connectivity index (χ4n) is 10.4. The van der Waals surface area contributed by atoms with Crippen LogP contribution in [0.4, 0.5) is 0 Å². The Hall–Kier alpha value is -3.30. The summed E-state index contributed by atoms with van der Waals surface area (Å²) in [6.45, 7) is 19.2. The topological polar surface area (TPSA) is 197 Å². The van der Waals surface area contributed by atoms with Crippen LogP contribution in [-0.2, 0) is 23.8 Å². The molecule has 0 amide bonds. The van der Waals surface area contributed by atoms with Crippen LogP contribution in [0.1, 0.15) is 143 Å². The number of aliphatic hydroxyl groups excluding tert-OH is 4. The van der Waals surface area contributed by atoms with E-state index in [4.69, 9.17) is 19.3 Å². The zero-order valence-corrected chi connectivity index (χ0v) is 39.4. The molecule has 0 unspecified atom stereocenters. The molecule has 2 aromatic rings. The van der Waals surface area contributed by atoms with E-state index in [1.54, 1.807) is 49.7 Å². The predicted molar refractivity (Wildman–Crippen MR) is 240 cm³/mol. The lowest BCUT2D eigenvalue weighted by atomic mass is 9.74. The third kappa shape index (κ3) is 10.7. The maximum atomic E-state index is 14.9. The normalized spacial score (nSPS) is 42.3. The molecule has 3 aliphatic rings. The van der Waals surface area contributed by atoms with Crippen LogP contribution in [-0.4, -0.2) is 107 Å². The van der Waals surface area contributed by atoms with Crippen molar-refractivity contribution >= 4 is 23.1 Å². The number of aromatic nitrogens is 2. The van der Waals surface area contributed by atoms with Crippen LogP contribution < -0.4 is 0 Å². The summed E-state index contributed by atoms with van der Waals surface area (Å²) in [5.41, 5.74) is -1.35. The van der Waals surface area contributed by atoms with Crippen molar-refractivity contribution in [3.05, 3.63) is 60.0 Å². The van der Waals surface area contributed by atoms with Crippen molar-refractivity contribution in [2.24, 2.45) is 47.3 Å². The van der Waals surface area contributed by atoms with Crippen LogP contribution in [0.5, 0.6) is 0 Å². The lowest BCUT2D eigenvalue weighted by molar-refractivity contribution is -0.370. The van der Waals surface area contributed by atoms with Gasteiger partial charge in [0.05, 0.1) is 47.8 Å². The molecule has 5 heterocycles. The fraction of sp³-hybridized carbons (Fsp3) is 0.720. The number of Topliss-reactive ketones (excluding diaryl/α,β-unsaturated/α-hetero) is 2. The number of allylic oxidation sites excluding steroid dienone is 4. The lowest BCUT2D eigenvalue weighted by Gasteiger charge is -2.55. The highest BCUT2D eigenvalue weighted by Crippen LogP contribution is 2.49. The highest BCUT2D eigenvalue weighted by atomic mass is 16.7. The molecule has 2 aromatic heterocycles. The summed E-state index contributed by atoms with van der Waals surface area (Å²) in [5, 5.41) is 61.1. The molecule has 2 bridgehead atoms. The van der Waals surface area contributed by atoms with Gasteiger partial charge in [0.25, 0.3) is 0 Å². The maximum absolute atomic E-state index is 14.9. The molecule has 2 fully saturated rings. The Morgan fingerprint density at radius 2 is 1.54 bits per heavy atom. The first-order valence-electron chi connectivity index (χ1n) is 23.5. The van der Waals surface area contributed by atoms with Crippen LogP contribution >= 0.6 is 0 Å². The molecule has 5 rings (SSSR count). The second kappa shape index (κ2) is 20.9. The Morgan fingerprint density at radius 1 is 0.873 bits per heavy atom. The standard InChI is InChI=1S/C50H76N2O11/c1-12-36-19-15-13-14-18-28(3)46(57)49(11,60)47(58)34(9)44(56)33(8)43(55)32(7)42(54)31(6)41-40(37-20-16-17-25-52(37)51-41)48(59)61-45-30(5)38(22-21-36)62-50(35(45)10)24-23-27(2)39(63-50)26-29(4)53/h13-17,19-20,25,27-36,38-39,42,44-46,53-54,56-57,60H,12,18,21-24,26H2,1-11H3/b14-13+,19-15+/t27-,28+,29+,30+,31-,32-,33-,34-,35+,36-,38-,39-,42+,44+,45+,46-,49+,50-/m0/s1. The van der Waals surface area contributed by atoms with E-state index in [0.29, 0.717) is 31.2 Å². The van der Waals surface area contributed by atoms with Gasteiger partial charge in [-0.1, -0.05) is 92.7 Å². The third-order valence-corrected chi connectivity index (χ3v) is 15.1. The highest BCUT2D eigenvalue weighted by Gasteiger charge is 2.56. The molecule has 0 aromatic carbocycles. The van der Waals surface area contributed by atoms with Crippen molar-refractivity contribution in [3.8, 4) is 0 Å². The van der Waals surface area contributed by atoms with Gasteiger partial charge in [0, 0.05) is 48.1 Å². The number of fused-ring (bicyclic) bond motifs is 5. The summed E-state index contributed by atoms with van der Waals surface area (Å²) < 4.78 is 22.2. The number of hydrogen-bond acceptors (Lipinski definition) is 12. The minimum Gasteiger partial charge on any atom is -0.458 e. The number of pyridine rings is 1. The first-order valence-corrected chi connectivity index (χ1v) is 23.5. The molecule has 1 spiro atoms. The fourth-order valence-corrected chi connectivity index (χ4v) is 10.4. The number of rotatable bonds is 3. The van der Waals surface area contributed by atoms with Crippen LogP contribution in [0.25, 0.3) is 5.52 Å². The van der Waals surface area contributed by atoms with Gasteiger partial charge < -0.3 is 39.7 Å². The maximum Gasteiger partial charge on any atom is 0.342 e. The van der Waals surface area contributed by atoms with Crippen LogP contribution in [0, 0.1) is 47.3 Å². The monoisotopic (exact) mass is 881 g/mol. The van der Waals surface area contributed by atoms with E-state index in [1.165, 1.54) is 27.7 Å². The summed E-state index contributed by atoms with van der Waals surface area (Å²) >= 11 is 0. The molecule has 5 N–H and O–H groups in total. The first-order chi connectivity index (χ1) is 29.6. The minimum atomic E-state index is -2.22. The first kappa shape index (κ1) is 50.7. The molecule has 13 nitrogen and oxygen atoms in total. The van der Waals surface area contributed by atoms with E-state index < -0.39 is 95.0 Å². The second-order valence-electron chi connectivity index (χ2n) is 19.8. The molecule has 2 saturated heterocycles. The van der Waals surface area contributed by atoms with Gasteiger partial charge in [-0.25, -0.2) is 9.31 Å². The summed E-state index contributed by atoms with van der Waals surface area (Å²) in [6.07, 6.45) is 7.88. The van der Waals surface area contributed by atoms with Crippen molar-refractivity contribution in [1.82, 2.24) is 9.61 Å². The van der Waals surface area contributed by atoms with Gasteiger partial charge in [-0.3, -0.25) is 9.59 Å². The number of carbonyl (C=O) groups is 3. The van der Waals surface area contributed by atoms with E-state index in [0.717, 1.165) is 19.3 Å². The van der Waals surface area contributed by atoms with E-state index in [9.17, 15) is 39.9 Å². The van der Waals surface area contributed by atoms with E-state index >= 15 is 0 Å². The highest BCUT2D eigenvalue weighted by molar-refractivity contribution is 5.99. The average molecular weight is 881 g/mol. The number of esters is 1. The SMILES string of the molecule is CC[C@H]1/C=C/C=C/C[C@@H](C)[C@H](O)[C@@](C)(O)C(=O)[C@@H](C)[C@H](O)[C@@H](C)C(=O)[C@@H](C)[C@H](O)[C@@H](C)c2nn3ccccc3c2C(=O)O[C@@H]2[C@H](C)[C@H](CC1)O[C@]1(CC[C@H](C)[C@H](C[C@@H](C)O)O1)[C@@H]2C. The number of ketones is 2. The van der Waals surface area contributed by atoms with Gasteiger partial charge in [-0.05, 0) is 82.3 Å². The number of ether oxygens (including phenoxy) is 3. The minimum absolute atomic E-state index is 0.163. The van der Waals surface area contributed by atoms with Crippen molar-refractivity contribution in [2.75, 3.05) is 0 Å². The van der Waals surface area contributed by atoms with E-state index in [-0.39, 0.29) is 41.2 Å². The average Bonchev–Trinajstić information content (AvgIpc) is 3.65. The lowest BCUT2D eigenvalue weighted by Crippen LogP contribution is -2.62. The molecular formula is C50H76N2O11. The summed E-state index contributed by atoms with van der Waals surface area (Å²) in [5.74, 6) is -8.13. The summed E-state index contributed by atoms with van der Waals surface area (Å²) in [7, 11) is 0. The van der Waals surface area contributed by atoms with E-state index in [2.05, 4.69) is 19.9 Å². The molecule has 0 saturated carbocycles. The number of carbonyl (C=O) groups excluding carboxylic acids is 3. The van der Waals surface area contributed by atoms with Crippen molar-refractivity contribution in [3.63, 3.8) is 0 Å². The van der Waals surface area contributed by atoms with Gasteiger partial charge in [0.2, 0.25) is 0 Å². The zero-order chi connectivity index (χ0) is 46.7. The van der Waals surface area contributed by atoms with Gasteiger partial charge >= 0.3 is 5.97 Å². The van der Waals surface area contributed by atoms with Crippen LogP contribution in [0.15, 0.2) is 48.7 Å². The van der Waals surface area contributed by atoms with Crippen LogP contribution in [0.3, 0.4) is 0 Å². The van der Waals surface area contributed by atoms with Crippen molar-refractivity contribution < 1.29 is 54.1 Å². The van der Waals surface area contributed by atoms with Gasteiger partial charge in [0.15, 0.2) is 11.6 Å². The Labute approximate surface area is 374 Å².